The Morgan fingerprint density at radius 3 is 2.71 bits per heavy atom. The molecule has 0 aliphatic heterocycles. The fourth-order valence-corrected chi connectivity index (χ4v) is 1.57. The predicted molar refractivity (Wildman–Crippen MR) is 80.9 cm³/mol. The Kier molecular flexibility index (Phi) is 7.01. The third-order valence-corrected chi connectivity index (χ3v) is 2.90. The second kappa shape index (κ2) is 8.79. The lowest BCUT2D eigenvalue weighted by Crippen LogP contribution is -2.35. The maximum absolute atomic E-state index is 11.5. The van der Waals surface area contributed by atoms with Gasteiger partial charge in [0.05, 0.1) is 7.11 Å². The van der Waals surface area contributed by atoms with Gasteiger partial charge in [0.15, 0.2) is 6.61 Å². The van der Waals surface area contributed by atoms with Gasteiger partial charge in [-0.15, -0.1) is 0 Å². The molecule has 5 heteroatoms. The Labute approximate surface area is 124 Å². The summed E-state index contributed by atoms with van der Waals surface area (Å²) in [5.74, 6) is -0.209. The van der Waals surface area contributed by atoms with E-state index in [1.165, 1.54) is 6.08 Å². The number of rotatable bonds is 7. The summed E-state index contributed by atoms with van der Waals surface area (Å²) in [6.07, 6.45) is 3.69. The fraction of sp³-hybridized carbons (Fsp3) is 0.375. The van der Waals surface area contributed by atoms with Crippen LogP contribution in [0.5, 0.6) is 5.75 Å². The number of hydrogen-bond donors (Lipinski definition) is 1. The molecule has 21 heavy (non-hydrogen) atoms. The van der Waals surface area contributed by atoms with Gasteiger partial charge in [-0.2, -0.15) is 0 Å². The standard InChI is InChI=1S/C16H21NO4/c1-4-12(2)17-15(18)11-21-16(19)10-9-13-7-5-6-8-14(13)20-3/h5-10,12H,4,11H2,1-3H3,(H,17,18)/b10-9+/t12-/m0/s1. The maximum Gasteiger partial charge on any atom is 0.331 e. The zero-order valence-corrected chi connectivity index (χ0v) is 12.6. The molecule has 0 aliphatic rings. The van der Waals surface area contributed by atoms with Crippen LogP contribution in [-0.4, -0.2) is 31.6 Å². The van der Waals surface area contributed by atoms with E-state index in [2.05, 4.69) is 5.32 Å². The van der Waals surface area contributed by atoms with Crippen LogP contribution in [0, 0.1) is 0 Å². The van der Waals surface area contributed by atoms with Crippen molar-refractivity contribution in [3.8, 4) is 5.75 Å². The SMILES string of the molecule is CC[C@H](C)NC(=O)COC(=O)/C=C/c1ccccc1OC. The van der Waals surface area contributed by atoms with Gasteiger partial charge in [-0.05, 0) is 25.5 Å². The monoisotopic (exact) mass is 291 g/mol. The van der Waals surface area contributed by atoms with Crippen LogP contribution in [0.4, 0.5) is 0 Å². The highest BCUT2D eigenvalue weighted by molar-refractivity contribution is 5.89. The number of carbonyl (C=O) groups excluding carboxylic acids is 2. The van der Waals surface area contributed by atoms with Crippen molar-refractivity contribution in [3.63, 3.8) is 0 Å². The number of methoxy groups -OCH3 is 1. The molecule has 0 radical (unpaired) electrons. The van der Waals surface area contributed by atoms with E-state index in [0.29, 0.717) is 5.75 Å². The largest absolute Gasteiger partial charge is 0.496 e. The Morgan fingerprint density at radius 2 is 2.05 bits per heavy atom. The molecule has 1 atom stereocenters. The van der Waals surface area contributed by atoms with E-state index >= 15 is 0 Å². The Hall–Kier alpha value is -2.30. The second-order valence-electron chi connectivity index (χ2n) is 4.56. The van der Waals surface area contributed by atoms with Crippen molar-refractivity contribution in [3.05, 3.63) is 35.9 Å². The molecule has 0 aliphatic carbocycles. The van der Waals surface area contributed by atoms with E-state index in [-0.39, 0.29) is 18.6 Å². The van der Waals surface area contributed by atoms with Crippen molar-refractivity contribution in [2.45, 2.75) is 26.3 Å². The lowest BCUT2D eigenvalue weighted by molar-refractivity contribution is -0.144. The molecule has 0 bridgehead atoms. The molecule has 0 saturated heterocycles. The lowest BCUT2D eigenvalue weighted by Gasteiger charge is -2.10. The summed E-state index contributed by atoms with van der Waals surface area (Å²) in [5, 5.41) is 2.72. The summed E-state index contributed by atoms with van der Waals surface area (Å²) in [7, 11) is 1.56. The molecule has 0 heterocycles. The fourth-order valence-electron chi connectivity index (χ4n) is 1.57. The number of para-hydroxylation sites is 1. The molecule has 1 aromatic rings. The molecule has 1 N–H and O–H groups in total. The molecule has 0 unspecified atom stereocenters. The van der Waals surface area contributed by atoms with Gasteiger partial charge in [-0.25, -0.2) is 4.79 Å². The van der Waals surface area contributed by atoms with E-state index in [4.69, 9.17) is 9.47 Å². The van der Waals surface area contributed by atoms with Crippen molar-refractivity contribution in [2.24, 2.45) is 0 Å². The van der Waals surface area contributed by atoms with Gasteiger partial charge in [0.25, 0.3) is 5.91 Å². The molecular formula is C16H21NO4. The first-order chi connectivity index (χ1) is 10.1. The number of benzene rings is 1. The van der Waals surface area contributed by atoms with E-state index in [9.17, 15) is 9.59 Å². The lowest BCUT2D eigenvalue weighted by atomic mass is 10.2. The van der Waals surface area contributed by atoms with E-state index in [1.807, 2.05) is 32.0 Å². The highest BCUT2D eigenvalue weighted by atomic mass is 16.5. The molecular weight excluding hydrogens is 270 g/mol. The van der Waals surface area contributed by atoms with Crippen LogP contribution in [0.3, 0.4) is 0 Å². The van der Waals surface area contributed by atoms with E-state index in [1.54, 1.807) is 19.3 Å². The van der Waals surface area contributed by atoms with Crippen molar-refractivity contribution < 1.29 is 19.1 Å². The minimum absolute atomic E-state index is 0.0697. The third-order valence-electron chi connectivity index (χ3n) is 2.90. The summed E-state index contributed by atoms with van der Waals surface area (Å²) in [4.78, 5) is 23.0. The molecule has 0 saturated carbocycles. The van der Waals surface area contributed by atoms with Gasteiger partial charge in [0.1, 0.15) is 5.75 Å². The first-order valence-corrected chi connectivity index (χ1v) is 6.84. The molecule has 0 spiro atoms. The Balaban J connectivity index is 2.46. The van der Waals surface area contributed by atoms with Gasteiger partial charge in [0, 0.05) is 17.7 Å². The van der Waals surface area contributed by atoms with Crippen molar-refractivity contribution in [1.82, 2.24) is 5.32 Å². The molecule has 114 valence electrons. The first kappa shape index (κ1) is 16.8. The molecule has 0 aromatic heterocycles. The molecule has 5 nitrogen and oxygen atoms in total. The van der Waals surface area contributed by atoms with Gasteiger partial charge in [0.2, 0.25) is 0 Å². The summed E-state index contributed by atoms with van der Waals surface area (Å²) >= 11 is 0. The number of ether oxygens (including phenoxy) is 2. The summed E-state index contributed by atoms with van der Waals surface area (Å²) < 4.78 is 10.0. The first-order valence-electron chi connectivity index (χ1n) is 6.84. The minimum Gasteiger partial charge on any atom is -0.496 e. The number of nitrogens with one attached hydrogen (secondary N) is 1. The topological polar surface area (TPSA) is 64.6 Å². The van der Waals surface area contributed by atoms with Gasteiger partial charge < -0.3 is 14.8 Å². The predicted octanol–water partition coefficient (Wildman–Crippen LogP) is 2.17. The zero-order chi connectivity index (χ0) is 15.7. The Bertz CT molecular complexity index is 511. The van der Waals surface area contributed by atoms with Crippen LogP contribution < -0.4 is 10.1 Å². The smallest absolute Gasteiger partial charge is 0.331 e. The highest BCUT2D eigenvalue weighted by Crippen LogP contribution is 2.18. The zero-order valence-electron chi connectivity index (χ0n) is 12.6. The van der Waals surface area contributed by atoms with E-state index in [0.717, 1.165) is 12.0 Å². The summed E-state index contributed by atoms with van der Waals surface area (Å²) in [6.45, 7) is 3.58. The number of amides is 1. The second-order valence-corrected chi connectivity index (χ2v) is 4.56. The van der Waals surface area contributed by atoms with Gasteiger partial charge in [-0.1, -0.05) is 25.1 Å². The quantitative estimate of drug-likeness (QED) is 0.617. The van der Waals surface area contributed by atoms with Crippen molar-refractivity contribution in [1.29, 1.82) is 0 Å². The average Bonchev–Trinajstić information content (AvgIpc) is 2.50. The van der Waals surface area contributed by atoms with E-state index < -0.39 is 5.97 Å². The average molecular weight is 291 g/mol. The number of esters is 1. The summed E-state index contributed by atoms with van der Waals surface area (Å²) in [6, 6.07) is 7.37. The van der Waals surface area contributed by atoms with Crippen LogP contribution in [0.1, 0.15) is 25.8 Å². The van der Waals surface area contributed by atoms with Crippen LogP contribution in [-0.2, 0) is 14.3 Å². The normalized spacial score (nSPS) is 12.0. The summed E-state index contributed by atoms with van der Waals surface area (Å²) in [5.41, 5.74) is 0.765. The van der Waals surface area contributed by atoms with Crippen molar-refractivity contribution in [2.75, 3.05) is 13.7 Å². The van der Waals surface area contributed by atoms with Crippen LogP contribution >= 0.6 is 0 Å². The molecule has 1 rings (SSSR count). The maximum atomic E-state index is 11.5. The minimum atomic E-state index is -0.569. The van der Waals surface area contributed by atoms with Gasteiger partial charge >= 0.3 is 5.97 Å². The van der Waals surface area contributed by atoms with Crippen molar-refractivity contribution >= 4 is 18.0 Å². The number of carbonyl (C=O) groups is 2. The molecule has 0 fully saturated rings. The van der Waals surface area contributed by atoms with Gasteiger partial charge in [-0.3, -0.25) is 4.79 Å². The number of hydrogen-bond acceptors (Lipinski definition) is 4. The van der Waals surface area contributed by atoms with Crippen LogP contribution in [0.2, 0.25) is 0 Å². The highest BCUT2D eigenvalue weighted by Gasteiger charge is 2.07. The van der Waals surface area contributed by atoms with Crippen LogP contribution in [0.15, 0.2) is 30.3 Å². The molecule has 1 aromatic carbocycles. The molecule has 1 amide bonds. The van der Waals surface area contributed by atoms with Crippen LogP contribution in [0.25, 0.3) is 6.08 Å². The Morgan fingerprint density at radius 1 is 1.33 bits per heavy atom. The third kappa shape index (κ3) is 6.12.